The summed E-state index contributed by atoms with van der Waals surface area (Å²) in [6, 6.07) is 8.05. The number of benzene rings is 1. The molecule has 0 aliphatic heterocycles. The number of anilines is 1. The van der Waals surface area contributed by atoms with Crippen molar-refractivity contribution < 1.29 is 5.11 Å². The third-order valence-electron chi connectivity index (χ3n) is 3.62. The maximum absolute atomic E-state index is 9.49. The van der Waals surface area contributed by atoms with Crippen molar-refractivity contribution in [2.24, 2.45) is 0 Å². The SMILES string of the molecule is CC(C)c1nc(N(C)C(C)c2cccc(Cl)c2)sc1CO. The first-order chi connectivity index (χ1) is 9.93. The molecule has 21 heavy (non-hydrogen) atoms. The van der Waals surface area contributed by atoms with Crippen molar-refractivity contribution in [3.63, 3.8) is 0 Å². The van der Waals surface area contributed by atoms with E-state index in [4.69, 9.17) is 16.6 Å². The first kappa shape index (κ1) is 16.3. The van der Waals surface area contributed by atoms with Gasteiger partial charge in [-0.3, -0.25) is 0 Å². The van der Waals surface area contributed by atoms with E-state index in [9.17, 15) is 5.11 Å². The Labute approximate surface area is 135 Å². The van der Waals surface area contributed by atoms with E-state index in [-0.39, 0.29) is 12.6 Å². The number of rotatable bonds is 5. The number of aromatic nitrogens is 1. The average molecular weight is 325 g/mol. The highest BCUT2D eigenvalue weighted by molar-refractivity contribution is 7.15. The summed E-state index contributed by atoms with van der Waals surface area (Å²) >= 11 is 7.62. The van der Waals surface area contributed by atoms with E-state index >= 15 is 0 Å². The summed E-state index contributed by atoms with van der Waals surface area (Å²) in [6.45, 7) is 6.36. The Morgan fingerprint density at radius 3 is 2.57 bits per heavy atom. The number of hydrogen-bond donors (Lipinski definition) is 1. The standard InChI is InChI=1S/C16H21ClN2OS/c1-10(2)15-14(9-20)21-16(18-15)19(4)11(3)12-6-5-7-13(17)8-12/h5-8,10-11,20H,9H2,1-4H3. The van der Waals surface area contributed by atoms with Gasteiger partial charge in [-0.2, -0.15) is 0 Å². The summed E-state index contributed by atoms with van der Waals surface area (Å²) in [5, 5.41) is 11.2. The minimum Gasteiger partial charge on any atom is -0.391 e. The van der Waals surface area contributed by atoms with Crippen molar-refractivity contribution in [3.05, 3.63) is 45.4 Å². The van der Waals surface area contributed by atoms with Gasteiger partial charge in [0.2, 0.25) is 0 Å². The number of halogens is 1. The molecule has 1 atom stereocenters. The zero-order valence-corrected chi connectivity index (χ0v) is 14.4. The molecule has 0 saturated heterocycles. The third kappa shape index (κ3) is 3.57. The summed E-state index contributed by atoms with van der Waals surface area (Å²) in [7, 11) is 2.02. The second-order valence-corrected chi connectivity index (χ2v) is 6.96. The lowest BCUT2D eigenvalue weighted by Crippen LogP contribution is -2.21. The van der Waals surface area contributed by atoms with Crippen LogP contribution in [0.15, 0.2) is 24.3 Å². The van der Waals surface area contributed by atoms with E-state index < -0.39 is 0 Å². The van der Waals surface area contributed by atoms with Crippen molar-refractivity contribution in [1.82, 2.24) is 4.98 Å². The van der Waals surface area contributed by atoms with E-state index in [0.29, 0.717) is 5.92 Å². The molecule has 1 aromatic carbocycles. The van der Waals surface area contributed by atoms with Crippen molar-refractivity contribution in [2.75, 3.05) is 11.9 Å². The molecule has 1 unspecified atom stereocenters. The molecule has 0 aliphatic rings. The Hall–Kier alpha value is -1.10. The fraction of sp³-hybridized carbons (Fsp3) is 0.438. The van der Waals surface area contributed by atoms with Crippen LogP contribution in [-0.2, 0) is 6.61 Å². The Bertz CT molecular complexity index is 612. The zero-order valence-electron chi connectivity index (χ0n) is 12.8. The fourth-order valence-corrected chi connectivity index (χ4v) is 3.54. The van der Waals surface area contributed by atoms with Crippen LogP contribution in [0.2, 0.25) is 5.02 Å². The quantitative estimate of drug-likeness (QED) is 0.872. The molecule has 0 aliphatic carbocycles. The molecule has 5 heteroatoms. The minimum atomic E-state index is 0.0462. The van der Waals surface area contributed by atoms with Crippen LogP contribution in [0.1, 0.15) is 48.9 Å². The highest BCUT2D eigenvalue weighted by Crippen LogP contribution is 2.34. The van der Waals surface area contributed by atoms with Crippen LogP contribution in [0.3, 0.4) is 0 Å². The van der Waals surface area contributed by atoms with E-state index in [2.05, 4.69) is 31.7 Å². The van der Waals surface area contributed by atoms with Gasteiger partial charge in [0.05, 0.1) is 23.2 Å². The van der Waals surface area contributed by atoms with E-state index in [1.165, 1.54) is 0 Å². The third-order valence-corrected chi connectivity index (χ3v) is 5.00. The van der Waals surface area contributed by atoms with Gasteiger partial charge in [0, 0.05) is 12.1 Å². The molecule has 1 aromatic heterocycles. The maximum atomic E-state index is 9.49. The molecule has 0 amide bonds. The number of thiazole rings is 1. The Morgan fingerprint density at radius 2 is 2.05 bits per heavy atom. The molecular weight excluding hydrogens is 304 g/mol. The summed E-state index contributed by atoms with van der Waals surface area (Å²) in [6.07, 6.45) is 0. The summed E-state index contributed by atoms with van der Waals surface area (Å²) in [4.78, 5) is 7.78. The lowest BCUT2D eigenvalue weighted by atomic mass is 10.1. The van der Waals surface area contributed by atoms with Crippen LogP contribution in [0.4, 0.5) is 5.13 Å². The second kappa shape index (κ2) is 6.77. The molecular formula is C16H21ClN2OS. The lowest BCUT2D eigenvalue weighted by molar-refractivity contribution is 0.283. The van der Waals surface area contributed by atoms with Gasteiger partial charge in [-0.05, 0) is 30.5 Å². The summed E-state index contributed by atoms with van der Waals surface area (Å²) in [5.74, 6) is 0.312. The predicted molar refractivity (Wildman–Crippen MR) is 90.4 cm³/mol. The second-order valence-electron chi connectivity index (χ2n) is 5.46. The minimum absolute atomic E-state index is 0.0462. The topological polar surface area (TPSA) is 36.4 Å². The van der Waals surface area contributed by atoms with Crippen LogP contribution in [0.25, 0.3) is 0 Å². The average Bonchev–Trinajstić information content (AvgIpc) is 2.90. The normalized spacial score (nSPS) is 12.7. The summed E-state index contributed by atoms with van der Waals surface area (Å²) in [5.41, 5.74) is 2.14. The molecule has 0 bridgehead atoms. The molecule has 1 N–H and O–H groups in total. The lowest BCUT2D eigenvalue weighted by Gasteiger charge is -2.24. The molecule has 0 radical (unpaired) electrons. The van der Waals surface area contributed by atoms with Crippen LogP contribution in [-0.4, -0.2) is 17.1 Å². The number of nitrogens with zero attached hydrogens (tertiary/aromatic N) is 2. The van der Waals surface area contributed by atoms with E-state index in [1.54, 1.807) is 11.3 Å². The monoisotopic (exact) mass is 324 g/mol. The molecule has 2 aromatic rings. The first-order valence-electron chi connectivity index (χ1n) is 7.02. The molecule has 3 nitrogen and oxygen atoms in total. The zero-order chi connectivity index (χ0) is 15.6. The maximum Gasteiger partial charge on any atom is 0.186 e. The molecule has 2 rings (SSSR count). The predicted octanol–water partition coefficient (Wildman–Crippen LogP) is 4.61. The number of aliphatic hydroxyl groups excluding tert-OH is 1. The van der Waals surface area contributed by atoms with Gasteiger partial charge in [0.1, 0.15) is 0 Å². The van der Waals surface area contributed by atoms with Crippen molar-refractivity contribution in [2.45, 2.75) is 39.3 Å². The number of aliphatic hydroxyl groups is 1. The van der Waals surface area contributed by atoms with Gasteiger partial charge in [0.15, 0.2) is 5.13 Å². The molecule has 0 saturated carbocycles. The van der Waals surface area contributed by atoms with Gasteiger partial charge in [-0.25, -0.2) is 4.98 Å². The molecule has 114 valence electrons. The summed E-state index contributed by atoms with van der Waals surface area (Å²) < 4.78 is 0. The number of hydrogen-bond acceptors (Lipinski definition) is 4. The van der Waals surface area contributed by atoms with Gasteiger partial charge < -0.3 is 10.0 Å². The smallest absolute Gasteiger partial charge is 0.186 e. The Kier molecular flexibility index (Phi) is 5.25. The first-order valence-corrected chi connectivity index (χ1v) is 8.22. The largest absolute Gasteiger partial charge is 0.391 e. The highest BCUT2D eigenvalue weighted by Gasteiger charge is 2.20. The van der Waals surface area contributed by atoms with Crippen LogP contribution in [0, 0.1) is 0 Å². The van der Waals surface area contributed by atoms with Crippen LogP contribution >= 0.6 is 22.9 Å². The van der Waals surface area contributed by atoms with Gasteiger partial charge in [-0.15, -0.1) is 0 Å². The molecule has 1 heterocycles. The van der Waals surface area contributed by atoms with Crippen molar-refractivity contribution >= 4 is 28.1 Å². The van der Waals surface area contributed by atoms with Crippen LogP contribution < -0.4 is 4.90 Å². The van der Waals surface area contributed by atoms with Gasteiger partial charge in [0.25, 0.3) is 0 Å². The van der Waals surface area contributed by atoms with Gasteiger partial charge in [-0.1, -0.05) is 48.9 Å². The van der Waals surface area contributed by atoms with E-state index in [1.807, 2.05) is 25.2 Å². The van der Waals surface area contributed by atoms with Crippen molar-refractivity contribution in [1.29, 1.82) is 0 Å². The highest BCUT2D eigenvalue weighted by atomic mass is 35.5. The molecule has 0 fully saturated rings. The van der Waals surface area contributed by atoms with Crippen LogP contribution in [0.5, 0.6) is 0 Å². The van der Waals surface area contributed by atoms with Gasteiger partial charge >= 0.3 is 0 Å². The Morgan fingerprint density at radius 1 is 1.33 bits per heavy atom. The van der Waals surface area contributed by atoms with E-state index in [0.717, 1.165) is 26.3 Å². The molecule has 0 spiro atoms. The van der Waals surface area contributed by atoms with Crippen molar-refractivity contribution in [3.8, 4) is 0 Å². The fourth-order valence-electron chi connectivity index (χ4n) is 2.22. The Balaban J connectivity index is 2.29.